The van der Waals surface area contributed by atoms with Crippen LogP contribution in [-0.2, 0) is 4.74 Å². The third-order valence-corrected chi connectivity index (χ3v) is 1.77. The molecule has 5 N–H and O–H groups in total. The summed E-state index contributed by atoms with van der Waals surface area (Å²) in [5, 5.41) is 2.88. The van der Waals surface area contributed by atoms with E-state index in [0.717, 1.165) is 0 Å². The van der Waals surface area contributed by atoms with Gasteiger partial charge in [-0.15, -0.1) is 0 Å². The quantitative estimate of drug-likeness (QED) is 0.475. The van der Waals surface area contributed by atoms with Gasteiger partial charge >= 0.3 is 6.09 Å². The summed E-state index contributed by atoms with van der Waals surface area (Å²) in [6.45, 7) is 0.554. The van der Waals surface area contributed by atoms with E-state index in [4.69, 9.17) is 23.7 Å². The van der Waals surface area contributed by atoms with Crippen LogP contribution >= 0.6 is 12.2 Å². The first-order valence-corrected chi connectivity index (χ1v) is 4.78. The van der Waals surface area contributed by atoms with Gasteiger partial charge in [-0.3, -0.25) is 0 Å². The highest BCUT2D eigenvalue weighted by molar-refractivity contribution is 7.80. The van der Waals surface area contributed by atoms with E-state index in [0.29, 0.717) is 18.1 Å². The maximum absolute atomic E-state index is 10.2. The normalized spacial score (nSPS) is 9.50. The summed E-state index contributed by atoms with van der Waals surface area (Å²) in [6.07, 6.45) is 2.13. The van der Waals surface area contributed by atoms with Gasteiger partial charge < -0.3 is 21.5 Å². The van der Waals surface area contributed by atoms with E-state index in [2.05, 4.69) is 20.0 Å². The number of carbonyl (C=O) groups excluding carboxylic acids is 1. The fourth-order valence-electron chi connectivity index (χ4n) is 0.877. The van der Waals surface area contributed by atoms with Crippen LogP contribution < -0.4 is 16.8 Å². The first-order chi connectivity index (χ1) is 7.59. The van der Waals surface area contributed by atoms with E-state index in [1.54, 1.807) is 0 Å². The van der Waals surface area contributed by atoms with Crippen LogP contribution in [0.4, 0.5) is 10.6 Å². The van der Waals surface area contributed by atoms with Gasteiger partial charge in [0, 0.05) is 0 Å². The predicted octanol–water partition coefficient (Wildman–Crippen LogP) is -0.382. The van der Waals surface area contributed by atoms with Crippen LogP contribution in [0.15, 0.2) is 12.4 Å². The third-order valence-electron chi connectivity index (χ3n) is 1.56. The van der Waals surface area contributed by atoms with Crippen LogP contribution in [0.2, 0.25) is 0 Å². The molecule has 0 radical (unpaired) electrons. The van der Waals surface area contributed by atoms with Gasteiger partial charge in [0.25, 0.3) is 0 Å². The second kappa shape index (κ2) is 5.81. The van der Waals surface area contributed by atoms with Crippen molar-refractivity contribution in [3.05, 3.63) is 18.1 Å². The maximum atomic E-state index is 10.2. The highest BCUT2D eigenvalue weighted by Gasteiger charge is 1.99. The van der Waals surface area contributed by atoms with Gasteiger partial charge in [-0.1, -0.05) is 12.2 Å². The van der Waals surface area contributed by atoms with Crippen LogP contribution in [-0.4, -0.2) is 34.2 Å². The predicted molar refractivity (Wildman–Crippen MR) is 61.9 cm³/mol. The number of carbonyl (C=O) groups is 1. The Balaban J connectivity index is 2.38. The molecule has 0 spiro atoms. The number of thiocarbonyl (C=S) groups is 1. The summed E-state index contributed by atoms with van der Waals surface area (Å²) in [7, 11) is 0. The van der Waals surface area contributed by atoms with E-state index in [1.807, 2.05) is 0 Å². The first kappa shape index (κ1) is 12.1. The fourth-order valence-corrected chi connectivity index (χ4v) is 0.983. The van der Waals surface area contributed by atoms with E-state index in [-0.39, 0.29) is 11.6 Å². The van der Waals surface area contributed by atoms with Crippen molar-refractivity contribution in [1.29, 1.82) is 0 Å². The lowest BCUT2D eigenvalue weighted by molar-refractivity contribution is 0.161. The number of aromatic nitrogens is 2. The highest BCUT2D eigenvalue weighted by atomic mass is 32.1. The SMILES string of the molecule is NC(=O)OCCNc1cnc(C(N)=S)cn1. The molecule has 1 rings (SSSR count). The van der Waals surface area contributed by atoms with Crippen molar-refractivity contribution in [2.45, 2.75) is 0 Å². The molecule has 0 aromatic carbocycles. The van der Waals surface area contributed by atoms with Crippen LogP contribution in [0.1, 0.15) is 5.69 Å². The van der Waals surface area contributed by atoms with Crippen molar-refractivity contribution >= 4 is 29.1 Å². The van der Waals surface area contributed by atoms with Gasteiger partial charge in [0.1, 0.15) is 23.1 Å². The fraction of sp³-hybridized carbons (Fsp3) is 0.250. The molecule has 86 valence electrons. The Morgan fingerprint density at radius 3 is 2.69 bits per heavy atom. The lowest BCUT2D eigenvalue weighted by Crippen LogP contribution is -2.19. The van der Waals surface area contributed by atoms with Crippen LogP contribution in [0, 0.1) is 0 Å². The van der Waals surface area contributed by atoms with Crippen molar-refractivity contribution in [2.24, 2.45) is 11.5 Å². The third kappa shape index (κ3) is 4.05. The number of amides is 1. The zero-order valence-corrected chi connectivity index (χ0v) is 9.16. The summed E-state index contributed by atoms with van der Waals surface area (Å²) in [4.78, 5) is 18.4. The minimum absolute atomic E-state index is 0.161. The molecule has 0 saturated heterocycles. The Morgan fingerprint density at radius 1 is 1.44 bits per heavy atom. The average Bonchev–Trinajstić information content (AvgIpc) is 2.25. The Labute approximate surface area is 97.2 Å². The van der Waals surface area contributed by atoms with Crippen LogP contribution in [0.3, 0.4) is 0 Å². The molecule has 1 aromatic rings. The molecule has 0 aliphatic carbocycles. The molecular formula is C8H11N5O2S. The second-order valence-electron chi connectivity index (χ2n) is 2.75. The van der Waals surface area contributed by atoms with Gasteiger partial charge in [0.15, 0.2) is 0 Å². The van der Waals surface area contributed by atoms with E-state index in [9.17, 15) is 4.79 Å². The van der Waals surface area contributed by atoms with Crippen molar-refractivity contribution in [3.8, 4) is 0 Å². The molecule has 16 heavy (non-hydrogen) atoms. The number of rotatable bonds is 5. The first-order valence-electron chi connectivity index (χ1n) is 4.37. The molecule has 0 bridgehead atoms. The number of nitrogens with two attached hydrogens (primary N) is 2. The average molecular weight is 241 g/mol. The topological polar surface area (TPSA) is 116 Å². The molecule has 1 heterocycles. The largest absolute Gasteiger partial charge is 0.448 e. The molecule has 0 saturated carbocycles. The second-order valence-corrected chi connectivity index (χ2v) is 3.19. The highest BCUT2D eigenvalue weighted by Crippen LogP contribution is 2.00. The number of anilines is 1. The molecule has 0 unspecified atom stereocenters. The molecule has 0 atom stereocenters. The summed E-state index contributed by atoms with van der Waals surface area (Å²) in [5.41, 5.74) is 10.6. The minimum Gasteiger partial charge on any atom is -0.448 e. The van der Waals surface area contributed by atoms with E-state index in [1.165, 1.54) is 12.4 Å². The number of primary amides is 1. The Hall–Kier alpha value is -1.96. The van der Waals surface area contributed by atoms with Crippen molar-refractivity contribution in [2.75, 3.05) is 18.5 Å². The van der Waals surface area contributed by atoms with Gasteiger partial charge in [-0.05, 0) is 0 Å². The van der Waals surface area contributed by atoms with Crippen molar-refractivity contribution in [1.82, 2.24) is 9.97 Å². The molecule has 7 nitrogen and oxygen atoms in total. The smallest absolute Gasteiger partial charge is 0.404 e. The molecule has 1 amide bonds. The summed E-state index contributed by atoms with van der Waals surface area (Å²) in [5.74, 6) is 0.535. The Morgan fingerprint density at radius 2 is 2.19 bits per heavy atom. The number of hydrogen-bond donors (Lipinski definition) is 3. The maximum Gasteiger partial charge on any atom is 0.404 e. The zero-order valence-electron chi connectivity index (χ0n) is 8.34. The van der Waals surface area contributed by atoms with Crippen molar-refractivity contribution < 1.29 is 9.53 Å². The molecule has 1 aromatic heterocycles. The Kier molecular flexibility index (Phi) is 4.40. The van der Waals surface area contributed by atoms with Crippen LogP contribution in [0.5, 0.6) is 0 Å². The van der Waals surface area contributed by atoms with Crippen molar-refractivity contribution in [3.63, 3.8) is 0 Å². The van der Waals surface area contributed by atoms with E-state index < -0.39 is 6.09 Å². The summed E-state index contributed by atoms with van der Waals surface area (Å²) in [6, 6.07) is 0. The molecule has 0 fully saturated rings. The number of ether oxygens (including phenoxy) is 1. The van der Waals surface area contributed by atoms with Gasteiger partial charge in [0.2, 0.25) is 0 Å². The van der Waals surface area contributed by atoms with Gasteiger partial charge in [-0.25, -0.2) is 14.8 Å². The lowest BCUT2D eigenvalue weighted by atomic mass is 10.4. The minimum atomic E-state index is -0.809. The molecule has 0 aliphatic rings. The Bertz CT molecular complexity index is 381. The number of nitrogens with zero attached hydrogens (tertiary/aromatic N) is 2. The number of nitrogens with one attached hydrogen (secondary N) is 1. The molecule has 8 heteroatoms. The van der Waals surface area contributed by atoms with Crippen LogP contribution in [0.25, 0.3) is 0 Å². The molecular weight excluding hydrogens is 230 g/mol. The summed E-state index contributed by atoms with van der Waals surface area (Å²) >= 11 is 4.72. The molecule has 0 aliphatic heterocycles. The van der Waals surface area contributed by atoms with Gasteiger partial charge in [-0.2, -0.15) is 0 Å². The zero-order chi connectivity index (χ0) is 12.0. The standard InChI is InChI=1S/C8H11N5O2S/c9-7(16)5-3-13-6(4-12-5)11-1-2-15-8(10)14/h3-4H,1-2H2,(H2,9,16)(H2,10,14)(H,11,13). The van der Waals surface area contributed by atoms with Gasteiger partial charge in [0.05, 0.1) is 18.9 Å². The monoisotopic (exact) mass is 241 g/mol. The summed E-state index contributed by atoms with van der Waals surface area (Å²) < 4.78 is 4.51. The van der Waals surface area contributed by atoms with E-state index >= 15 is 0 Å². The lowest BCUT2D eigenvalue weighted by Gasteiger charge is -2.05. The number of hydrogen-bond acceptors (Lipinski definition) is 6.